The second-order valence-electron chi connectivity index (χ2n) is 6.01. The molecule has 1 amide bonds. The molecule has 0 aliphatic heterocycles. The predicted octanol–water partition coefficient (Wildman–Crippen LogP) is 3.72. The average Bonchev–Trinajstić information content (AvgIpc) is 3.01. The van der Waals surface area contributed by atoms with E-state index in [1.807, 2.05) is 49.4 Å². The van der Waals surface area contributed by atoms with Crippen molar-refractivity contribution in [1.82, 2.24) is 15.5 Å². The number of carbonyl (C=O) groups is 1. The van der Waals surface area contributed by atoms with Crippen molar-refractivity contribution in [2.45, 2.75) is 26.7 Å². The maximum Gasteiger partial charge on any atom is 0.257 e. The Morgan fingerprint density at radius 1 is 1.16 bits per heavy atom. The van der Waals surface area contributed by atoms with E-state index in [-0.39, 0.29) is 5.91 Å². The third kappa shape index (κ3) is 4.12. The Bertz CT molecular complexity index is 856. The average molecular weight is 335 g/mol. The van der Waals surface area contributed by atoms with E-state index in [0.29, 0.717) is 23.6 Å². The SMILES string of the molecule is Cc1cccc(-c2noc(C)c2C(=O)NCCCc2ccccn2)c1. The highest BCUT2D eigenvalue weighted by atomic mass is 16.5. The van der Waals surface area contributed by atoms with Gasteiger partial charge in [-0.1, -0.05) is 35.0 Å². The topological polar surface area (TPSA) is 68.0 Å². The van der Waals surface area contributed by atoms with E-state index in [4.69, 9.17) is 4.52 Å². The minimum absolute atomic E-state index is 0.156. The first-order chi connectivity index (χ1) is 12.1. The quantitative estimate of drug-likeness (QED) is 0.697. The summed E-state index contributed by atoms with van der Waals surface area (Å²) in [5.74, 6) is 0.370. The van der Waals surface area contributed by atoms with Gasteiger partial charge in [-0.05, 0) is 44.9 Å². The van der Waals surface area contributed by atoms with E-state index in [1.165, 1.54) is 0 Å². The number of nitrogens with zero attached hydrogens (tertiary/aromatic N) is 2. The Morgan fingerprint density at radius 3 is 2.80 bits per heavy atom. The van der Waals surface area contributed by atoms with E-state index in [0.717, 1.165) is 29.7 Å². The number of hydrogen-bond acceptors (Lipinski definition) is 4. The molecule has 0 radical (unpaired) electrons. The van der Waals surface area contributed by atoms with Gasteiger partial charge in [0, 0.05) is 24.0 Å². The smallest absolute Gasteiger partial charge is 0.257 e. The molecule has 0 unspecified atom stereocenters. The van der Waals surface area contributed by atoms with Crippen molar-refractivity contribution in [3.8, 4) is 11.3 Å². The van der Waals surface area contributed by atoms with Crippen LogP contribution in [0.5, 0.6) is 0 Å². The Hall–Kier alpha value is -2.95. The van der Waals surface area contributed by atoms with E-state index in [2.05, 4.69) is 15.5 Å². The zero-order valence-electron chi connectivity index (χ0n) is 14.5. The lowest BCUT2D eigenvalue weighted by molar-refractivity contribution is 0.0952. The first-order valence-corrected chi connectivity index (χ1v) is 8.36. The van der Waals surface area contributed by atoms with Crippen LogP contribution < -0.4 is 5.32 Å². The van der Waals surface area contributed by atoms with Crippen molar-refractivity contribution in [2.75, 3.05) is 6.54 Å². The lowest BCUT2D eigenvalue weighted by Gasteiger charge is -2.06. The second kappa shape index (κ2) is 7.75. The third-order valence-electron chi connectivity index (χ3n) is 4.00. The van der Waals surface area contributed by atoms with Gasteiger partial charge in [-0.2, -0.15) is 0 Å². The second-order valence-corrected chi connectivity index (χ2v) is 6.01. The molecule has 3 aromatic rings. The van der Waals surface area contributed by atoms with Gasteiger partial charge in [0.05, 0.1) is 0 Å². The fourth-order valence-corrected chi connectivity index (χ4v) is 2.73. The molecule has 0 atom stereocenters. The summed E-state index contributed by atoms with van der Waals surface area (Å²) in [5, 5.41) is 7.03. The highest BCUT2D eigenvalue weighted by molar-refractivity contribution is 6.00. The van der Waals surface area contributed by atoms with Crippen LogP contribution in [-0.4, -0.2) is 22.6 Å². The standard InChI is InChI=1S/C20H21N3O2/c1-14-7-5-8-16(13-14)19-18(15(2)25-23-19)20(24)22-12-6-10-17-9-3-4-11-21-17/h3-5,7-9,11,13H,6,10,12H2,1-2H3,(H,22,24). The van der Waals surface area contributed by atoms with Gasteiger partial charge in [-0.25, -0.2) is 0 Å². The monoisotopic (exact) mass is 335 g/mol. The molecule has 0 spiro atoms. The van der Waals surface area contributed by atoms with Gasteiger partial charge in [0.15, 0.2) is 0 Å². The van der Waals surface area contributed by atoms with Crippen LogP contribution in [0.4, 0.5) is 0 Å². The summed E-state index contributed by atoms with van der Waals surface area (Å²) in [5.41, 5.74) is 4.11. The van der Waals surface area contributed by atoms with Crippen molar-refractivity contribution in [1.29, 1.82) is 0 Å². The molecule has 128 valence electrons. The number of aryl methyl sites for hydroxylation is 3. The zero-order chi connectivity index (χ0) is 17.6. The van der Waals surface area contributed by atoms with Crippen molar-refractivity contribution < 1.29 is 9.32 Å². The molecule has 2 aromatic heterocycles. The van der Waals surface area contributed by atoms with Crippen molar-refractivity contribution in [3.05, 3.63) is 71.2 Å². The van der Waals surface area contributed by atoms with Crippen LogP contribution in [0.3, 0.4) is 0 Å². The highest BCUT2D eigenvalue weighted by Crippen LogP contribution is 2.25. The number of carbonyl (C=O) groups excluding carboxylic acids is 1. The lowest BCUT2D eigenvalue weighted by Crippen LogP contribution is -2.25. The molecule has 5 nitrogen and oxygen atoms in total. The fourth-order valence-electron chi connectivity index (χ4n) is 2.73. The molecule has 5 heteroatoms. The van der Waals surface area contributed by atoms with E-state index in [1.54, 1.807) is 13.1 Å². The number of pyridine rings is 1. The number of amides is 1. The molecule has 0 aliphatic rings. The summed E-state index contributed by atoms with van der Waals surface area (Å²) in [7, 11) is 0. The normalized spacial score (nSPS) is 10.6. The summed E-state index contributed by atoms with van der Waals surface area (Å²) in [4.78, 5) is 16.9. The predicted molar refractivity (Wildman–Crippen MR) is 96.3 cm³/mol. The summed E-state index contributed by atoms with van der Waals surface area (Å²) >= 11 is 0. The van der Waals surface area contributed by atoms with Crippen LogP contribution in [0.25, 0.3) is 11.3 Å². The number of hydrogen-bond donors (Lipinski definition) is 1. The van der Waals surface area contributed by atoms with Crippen LogP contribution >= 0.6 is 0 Å². The number of nitrogens with one attached hydrogen (secondary N) is 1. The van der Waals surface area contributed by atoms with Crippen LogP contribution in [0, 0.1) is 13.8 Å². The molecular formula is C20H21N3O2. The Kier molecular flexibility index (Phi) is 5.23. The van der Waals surface area contributed by atoms with Gasteiger partial charge in [-0.3, -0.25) is 9.78 Å². The molecule has 0 saturated carbocycles. The maximum atomic E-state index is 12.6. The first kappa shape index (κ1) is 16.9. The molecule has 0 fully saturated rings. The van der Waals surface area contributed by atoms with Crippen molar-refractivity contribution >= 4 is 5.91 Å². The largest absolute Gasteiger partial charge is 0.360 e. The van der Waals surface area contributed by atoms with Gasteiger partial charge in [0.25, 0.3) is 5.91 Å². The molecule has 2 heterocycles. The van der Waals surface area contributed by atoms with E-state index < -0.39 is 0 Å². The molecule has 0 bridgehead atoms. The zero-order valence-corrected chi connectivity index (χ0v) is 14.5. The van der Waals surface area contributed by atoms with Crippen molar-refractivity contribution in [3.63, 3.8) is 0 Å². The van der Waals surface area contributed by atoms with Gasteiger partial charge >= 0.3 is 0 Å². The van der Waals surface area contributed by atoms with Crippen LogP contribution in [0.15, 0.2) is 53.2 Å². The van der Waals surface area contributed by atoms with Gasteiger partial charge in [-0.15, -0.1) is 0 Å². The Morgan fingerprint density at radius 2 is 2.04 bits per heavy atom. The minimum atomic E-state index is -0.156. The van der Waals surface area contributed by atoms with Gasteiger partial charge < -0.3 is 9.84 Å². The molecule has 0 saturated heterocycles. The Balaban J connectivity index is 1.65. The number of benzene rings is 1. The molecular weight excluding hydrogens is 314 g/mol. The summed E-state index contributed by atoms with van der Waals surface area (Å²) < 4.78 is 5.27. The molecule has 25 heavy (non-hydrogen) atoms. The molecule has 0 aliphatic carbocycles. The summed E-state index contributed by atoms with van der Waals surface area (Å²) in [6, 6.07) is 13.7. The van der Waals surface area contributed by atoms with E-state index in [9.17, 15) is 4.79 Å². The molecule has 1 aromatic carbocycles. The van der Waals surface area contributed by atoms with Gasteiger partial charge in [0.1, 0.15) is 17.0 Å². The lowest BCUT2D eigenvalue weighted by atomic mass is 10.0. The highest BCUT2D eigenvalue weighted by Gasteiger charge is 2.21. The van der Waals surface area contributed by atoms with E-state index >= 15 is 0 Å². The third-order valence-corrected chi connectivity index (χ3v) is 4.00. The minimum Gasteiger partial charge on any atom is -0.360 e. The van der Waals surface area contributed by atoms with Crippen LogP contribution in [-0.2, 0) is 6.42 Å². The van der Waals surface area contributed by atoms with Crippen LogP contribution in [0.2, 0.25) is 0 Å². The fraction of sp³-hybridized carbons (Fsp3) is 0.250. The molecule has 1 N–H and O–H groups in total. The maximum absolute atomic E-state index is 12.6. The Labute approximate surface area is 147 Å². The van der Waals surface area contributed by atoms with Crippen LogP contribution in [0.1, 0.15) is 33.8 Å². The first-order valence-electron chi connectivity index (χ1n) is 8.36. The number of rotatable bonds is 6. The summed E-state index contributed by atoms with van der Waals surface area (Å²) in [6.45, 7) is 4.34. The van der Waals surface area contributed by atoms with Gasteiger partial charge in [0.2, 0.25) is 0 Å². The molecule has 3 rings (SSSR count). The summed E-state index contributed by atoms with van der Waals surface area (Å²) in [6.07, 6.45) is 3.43. The number of aromatic nitrogens is 2. The van der Waals surface area contributed by atoms with Crippen molar-refractivity contribution in [2.24, 2.45) is 0 Å².